The van der Waals surface area contributed by atoms with Crippen LogP contribution in [0.1, 0.15) is 51.9 Å². The van der Waals surface area contributed by atoms with E-state index in [1.165, 1.54) is 4.68 Å². The molecule has 6 nitrogen and oxygen atoms in total. The molecule has 3 rings (SSSR count). The van der Waals surface area contributed by atoms with Crippen molar-refractivity contribution < 1.29 is 9.47 Å². The van der Waals surface area contributed by atoms with E-state index in [9.17, 15) is 4.79 Å². The third-order valence-corrected chi connectivity index (χ3v) is 5.01. The van der Waals surface area contributed by atoms with Crippen LogP contribution in [0.5, 0.6) is 11.5 Å². The number of fused-ring (bicyclic) bond motifs is 1. The molecule has 0 aliphatic rings. The van der Waals surface area contributed by atoms with Crippen molar-refractivity contribution in [3.05, 3.63) is 62.6 Å². The molecule has 31 heavy (non-hydrogen) atoms. The van der Waals surface area contributed by atoms with E-state index in [4.69, 9.17) is 9.47 Å². The SMILES string of the molecule is COc1cc(C=Nn2c(C(C)C)nc3ccc(Br)cc3c2=O)ccc1OCC(C)(C)C. The Morgan fingerprint density at radius 1 is 1.16 bits per heavy atom. The average Bonchev–Trinajstić information content (AvgIpc) is 2.71. The van der Waals surface area contributed by atoms with Crippen LogP contribution in [-0.4, -0.2) is 29.6 Å². The molecule has 0 radical (unpaired) electrons. The zero-order valence-corrected chi connectivity index (χ0v) is 20.4. The van der Waals surface area contributed by atoms with E-state index in [0.29, 0.717) is 34.8 Å². The molecular weight excluding hydrogens is 458 g/mol. The summed E-state index contributed by atoms with van der Waals surface area (Å²) in [5, 5.41) is 4.99. The minimum Gasteiger partial charge on any atom is -0.493 e. The van der Waals surface area contributed by atoms with Gasteiger partial charge >= 0.3 is 0 Å². The summed E-state index contributed by atoms with van der Waals surface area (Å²) in [5.41, 5.74) is 1.28. The maximum atomic E-state index is 13.1. The van der Waals surface area contributed by atoms with Gasteiger partial charge in [0.2, 0.25) is 0 Å². The molecule has 1 aromatic heterocycles. The van der Waals surface area contributed by atoms with Gasteiger partial charge in [-0.05, 0) is 47.4 Å². The van der Waals surface area contributed by atoms with E-state index in [2.05, 4.69) is 46.8 Å². The number of methoxy groups -OCH3 is 1. The standard InChI is InChI=1S/C24H28BrN3O3/c1-15(2)22-27-19-9-8-17(25)12-18(19)23(29)28(22)26-13-16-7-10-20(21(11-16)30-6)31-14-24(3,4)5/h7-13,15H,14H2,1-6H3. The second kappa shape index (κ2) is 9.22. The number of rotatable bonds is 6. The molecule has 1 heterocycles. The summed E-state index contributed by atoms with van der Waals surface area (Å²) >= 11 is 3.42. The van der Waals surface area contributed by atoms with Gasteiger partial charge in [-0.15, -0.1) is 0 Å². The van der Waals surface area contributed by atoms with Crippen LogP contribution in [0.2, 0.25) is 0 Å². The number of nitrogens with zero attached hydrogens (tertiary/aromatic N) is 3. The van der Waals surface area contributed by atoms with E-state index < -0.39 is 0 Å². The minimum absolute atomic E-state index is 0.0283. The number of hydrogen-bond donors (Lipinski definition) is 0. The Labute approximate surface area is 191 Å². The van der Waals surface area contributed by atoms with E-state index >= 15 is 0 Å². The number of aromatic nitrogens is 2. The molecule has 0 N–H and O–H groups in total. The van der Waals surface area contributed by atoms with Gasteiger partial charge in [0.25, 0.3) is 5.56 Å². The summed E-state index contributed by atoms with van der Waals surface area (Å²) in [5.74, 6) is 1.92. The predicted molar refractivity (Wildman–Crippen MR) is 129 cm³/mol. The first kappa shape index (κ1) is 23.0. The molecule has 0 spiro atoms. The highest BCUT2D eigenvalue weighted by molar-refractivity contribution is 9.10. The Morgan fingerprint density at radius 2 is 1.90 bits per heavy atom. The summed E-state index contributed by atoms with van der Waals surface area (Å²) in [7, 11) is 1.60. The van der Waals surface area contributed by atoms with Crippen molar-refractivity contribution in [2.24, 2.45) is 10.5 Å². The number of halogens is 1. The second-order valence-electron chi connectivity index (χ2n) is 8.91. The molecule has 3 aromatic rings. The van der Waals surface area contributed by atoms with Crippen molar-refractivity contribution in [2.75, 3.05) is 13.7 Å². The normalized spacial score (nSPS) is 12.1. The van der Waals surface area contributed by atoms with Gasteiger partial charge < -0.3 is 9.47 Å². The summed E-state index contributed by atoms with van der Waals surface area (Å²) in [6.45, 7) is 10.9. The lowest BCUT2D eigenvalue weighted by atomic mass is 9.99. The molecule has 7 heteroatoms. The Kier molecular flexibility index (Phi) is 6.84. The zero-order valence-electron chi connectivity index (χ0n) is 18.8. The highest BCUT2D eigenvalue weighted by Crippen LogP contribution is 2.29. The van der Waals surface area contributed by atoms with Crippen molar-refractivity contribution >= 4 is 33.0 Å². The highest BCUT2D eigenvalue weighted by atomic mass is 79.9. The minimum atomic E-state index is -0.205. The lowest BCUT2D eigenvalue weighted by Gasteiger charge is -2.20. The number of hydrogen-bond acceptors (Lipinski definition) is 5. The van der Waals surface area contributed by atoms with E-state index in [1.54, 1.807) is 19.4 Å². The predicted octanol–water partition coefficient (Wildman–Crippen LogP) is 5.60. The summed E-state index contributed by atoms with van der Waals surface area (Å²) in [6, 6.07) is 11.1. The first-order valence-electron chi connectivity index (χ1n) is 10.2. The van der Waals surface area contributed by atoms with Crippen LogP contribution in [0.15, 0.2) is 50.8 Å². The lowest BCUT2D eigenvalue weighted by molar-refractivity contribution is 0.191. The van der Waals surface area contributed by atoms with Crippen molar-refractivity contribution in [1.29, 1.82) is 0 Å². The van der Waals surface area contributed by atoms with Crippen LogP contribution in [0, 0.1) is 5.41 Å². The average molecular weight is 486 g/mol. The Morgan fingerprint density at radius 3 is 2.55 bits per heavy atom. The first-order valence-corrected chi connectivity index (χ1v) is 11.0. The lowest BCUT2D eigenvalue weighted by Crippen LogP contribution is -2.23. The molecule has 0 unspecified atom stereocenters. The fraction of sp³-hybridized carbons (Fsp3) is 0.375. The molecule has 0 fully saturated rings. The zero-order chi connectivity index (χ0) is 22.8. The van der Waals surface area contributed by atoms with Gasteiger partial charge in [-0.3, -0.25) is 4.79 Å². The van der Waals surface area contributed by atoms with Gasteiger partial charge in [0.05, 0.1) is 30.8 Å². The van der Waals surface area contributed by atoms with Crippen LogP contribution in [0.4, 0.5) is 0 Å². The molecule has 0 saturated heterocycles. The van der Waals surface area contributed by atoms with E-state index in [-0.39, 0.29) is 16.9 Å². The van der Waals surface area contributed by atoms with Crippen LogP contribution >= 0.6 is 15.9 Å². The summed E-state index contributed by atoms with van der Waals surface area (Å²) in [4.78, 5) is 17.8. The molecule has 0 atom stereocenters. The van der Waals surface area contributed by atoms with Crippen molar-refractivity contribution in [3.8, 4) is 11.5 Å². The topological polar surface area (TPSA) is 65.7 Å². The maximum Gasteiger partial charge on any atom is 0.282 e. The fourth-order valence-electron chi connectivity index (χ4n) is 2.95. The molecule has 164 valence electrons. The van der Waals surface area contributed by atoms with Crippen LogP contribution in [-0.2, 0) is 0 Å². The third kappa shape index (κ3) is 5.53. The smallest absolute Gasteiger partial charge is 0.282 e. The fourth-order valence-corrected chi connectivity index (χ4v) is 3.31. The number of benzene rings is 2. The van der Waals surface area contributed by atoms with E-state index in [1.807, 2.05) is 44.2 Å². The molecule has 0 aliphatic carbocycles. The van der Waals surface area contributed by atoms with Gasteiger partial charge in [-0.25, -0.2) is 4.98 Å². The Hall–Kier alpha value is -2.67. The highest BCUT2D eigenvalue weighted by Gasteiger charge is 2.15. The summed E-state index contributed by atoms with van der Waals surface area (Å²) in [6.07, 6.45) is 1.63. The third-order valence-electron chi connectivity index (χ3n) is 4.52. The van der Waals surface area contributed by atoms with Crippen LogP contribution in [0.25, 0.3) is 10.9 Å². The monoisotopic (exact) mass is 485 g/mol. The maximum absolute atomic E-state index is 13.1. The molecule has 2 aromatic carbocycles. The summed E-state index contributed by atoms with van der Waals surface area (Å²) < 4.78 is 13.6. The Bertz CT molecular complexity index is 1180. The van der Waals surface area contributed by atoms with Gasteiger partial charge in [0.1, 0.15) is 5.82 Å². The number of ether oxygens (including phenoxy) is 2. The van der Waals surface area contributed by atoms with Crippen molar-refractivity contribution in [3.63, 3.8) is 0 Å². The van der Waals surface area contributed by atoms with Crippen LogP contribution < -0.4 is 15.0 Å². The molecule has 0 bridgehead atoms. The van der Waals surface area contributed by atoms with Gasteiger partial charge in [0.15, 0.2) is 11.5 Å². The van der Waals surface area contributed by atoms with Crippen molar-refractivity contribution in [2.45, 2.75) is 40.5 Å². The molecule has 0 amide bonds. The second-order valence-corrected chi connectivity index (χ2v) is 9.82. The van der Waals surface area contributed by atoms with E-state index in [0.717, 1.165) is 10.0 Å². The van der Waals surface area contributed by atoms with Crippen LogP contribution in [0.3, 0.4) is 0 Å². The van der Waals surface area contributed by atoms with Gasteiger partial charge in [-0.1, -0.05) is 50.5 Å². The molecule has 0 aliphatic heterocycles. The van der Waals surface area contributed by atoms with Gasteiger partial charge in [-0.2, -0.15) is 9.78 Å². The van der Waals surface area contributed by atoms with Crippen molar-refractivity contribution in [1.82, 2.24) is 9.66 Å². The largest absolute Gasteiger partial charge is 0.493 e. The Balaban J connectivity index is 2.00. The first-order chi connectivity index (χ1) is 14.6. The molecule has 0 saturated carbocycles. The quantitative estimate of drug-likeness (QED) is 0.426. The van der Waals surface area contributed by atoms with Gasteiger partial charge in [0, 0.05) is 10.4 Å². The molecular formula is C24H28BrN3O3.